The molecule has 0 fully saturated rings. The molecule has 0 spiro atoms. The van der Waals surface area contributed by atoms with Gasteiger partial charge in [0.1, 0.15) is 0 Å². The number of hydrogen-bond acceptors (Lipinski definition) is 3. The molecule has 3 nitrogen and oxygen atoms in total. The molecule has 0 amide bonds. The lowest BCUT2D eigenvalue weighted by molar-refractivity contribution is 0.175. The van der Waals surface area contributed by atoms with Gasteiger partial charge in [0, 0.05) is 11.7 Å². The molecule has 0 saturated heterocycles. The van der Waals surface area contributed by atoms with E-state index in [-0.39, 0.29) is 11.3 Å². The molecule has 0 aromatic heterocycles. The van der Waals surface area contributed by atoms with E-state index in [2.05, 4.69) is 30.2 Å². The lowest BCUT2D eigenvalue weighted by Gasteiger charge is -2.31. The van der Waals surface area contributed by atoms with Crippen molar-refractivity contribution < 1.29 is 5.11 Å². The number of aliphatic hydroxyl groups excluding tert-OH is 1. The molecule has 2 N–H and O–H groups in total. The van der Waals surface area contributed by atoms with Gasteiger partial charge in [-0.2, -0.15) is 0 Å². The molecule has 4 heteroatoms. The van der Waals surface area contributed by atoms with Crippen molar-refractivity contribution in [3.05, 3.63) is 65.7 Å². The zero-order chi connectivity index (χ0) is 15.5. The predicted molar refractivity (Wildman–Crippen MR) is 94.4 cm³/mol. The minimum absolute atomic E-state index is 0.0580. The average Bonchev–Trinajstić information content (AvgIpc) is 2.53. The van der Waals surface area contributed by atoms with Crippen LogP contribution in [0.15, 0.2) is 59.6 Å². The summed E-state index contributed by atoms with van der Waals surface area (Å²) in [4.78, 5) is 4.62. The molecule has 3 rings (SSSR count). The number of aliphatic hydroxyl groups is 1. The number of rotatable bonds is 3. The van der Waals surface area contributed by atoms with E-state index >= 15 is 0 Å². The monoisotopic (exact) mass is 312 g/mol. The second kappa shape index (κ2) is 6.55. The molecule has 2 aromatic carbocycles. The van der Waals surface area contributed by atoms with Crippen LogP contribution in [0.4, 0.5) is 5.69 Å². The fourth-order valence-corrected chi connectivity index (χ4v) is 3.84. The van der Waals surface area contributed by atoms with Crippen LogP contribution < -0.4 is 5.32 Å². The van der Waals surface area contributed by atoms with Crippen LogP contribution in [0.1, 0.15) is 36.3 Å². The Morgan fingerprint density at radius 1 is 1.05 bits per heavy atom. The molecular formula is C18H20N2OS. The number of nitrogens with one attached hydrogen (secondary N) is 1. The lowest BCUT2D eigenvalue weighted by Crippen LogP contribution is -2.22. The van der Waals surface area contributed by atoms with Crippen molar-refractivity contribution in [1.29, 1.82) is 0 Å². The molecule has 0 bridgehead atoms. The Labute approximate surface area is 135 Å². The smallest absolute Gasteiger partial charge is 0.162 e. The van der Waals surface area contributed by atoms with E-state index in [0.717, 1.165) is 22.0 Å². The molecule has 0 unspecified atom stereocenters. The van der Waals surface area contributed by atoms with Gasteiger partial charge in [0.05, 0.1) is 11.4 Å². The maximum absolute atomic E-state index is 10.8. The quantitative estimate of drug-likeness (QED) is 0.884. The van der Waals surface area contributed by atoms with E-state index in [4.69, 9.17) is 0 Å². The summed E-state index contributed by atoms with van der Waals surface area (Å²) in [5, 5.41) is 15.0. The first-order valence-electron chi connectivity index (χ1n) is 7.48. The molecule has 1 heterocycles. The number of amidine groups is 1. The summed E-state index contributed by atoms with van der Waals surface area (Å²) < 4.78 is 0. The number of thioether (sulfide) groups is 1. The summed E-state index contributed by atoms with van der Waals surface area (Å²) in [7, 11) is 0. The highest BCUT2D eigenvalue weighted by atomic mass is 32.2. The van der Waals surface area contributed by atoms with Crippen molar-refractivity contribution >= 4 is 22.6 Å². The average molecular weight is 312 g/mol. The number of fused-ring (bicyclic) bond motifs is 1. The van der Waals surface area contributed by atoms with Gasteiger partial charge in [0.25, 0.3) is 0 Å². The molecular weight excluding hydrogens is 292 g/mol. The minimum atomic E-state index is -0.563. The predicted octanol–water partition coefficient (Wildman–Crippen LogP) is 4.38. The van der Waals surface area contributed by atoms with Crippen molar-refractivity contribution in [2.24, 2.45) is 4.99 Å². The second-order valence-electron chi connectivity index (χ2n) is 5.63. The molecule has 114 valence electrons. The minimum Gasteiger partial charge on any atom is -0.387 e. The van der Waals surface area contributed by atoms with Gasteiger partial charge in [0.2, 0.25) is 0 Å². The Morgan fingerprint density at radius 2 is 1.73 bits per heavy atom. The number of hydrogen-bond donors (Lipinski definition) is 2. The van der Waals surface area contributed by atoms with E-state index in [1.54, 1.807) is 11.8 Å². The Hall–Kier alpha value is -1.78. The van der Waals surface area contributed by atoms with Crippen molar-refractivity contribution in [3.8, 4) is 0 Å². The number of benzene rings is 2. The summed E-state index contributed by atoms with van der Waals surface area (Å²) in [6.07, 6.45) is -0.563. The third-order valence-corrected chi connectivity index (χ3v) is 4.75. The molecule has 1 aliphatic rings. The van der Waals surface area contributed by atoms with Crippen molar-refractivity contribution in [2.45, 2.75) is 31.2 Å². The van der Waals surface area contributed by atoms with Crippen molar-refractivity contribution in [1.82, 2.24) is 0 Å². The lowest BCUT2D eigenvalue weighted by atomic mass is 9.99. The highest BCUT2D eigenvalue weighted by Crippen LogP contribution is 2.46. The van der Waals surface area contributed by atoms with Crippen LogP contribution in [0.5, 0.6) is 0 Å². The molecule has 0 saturated carbocycles. The van der Waals surface area contributed by atoms with Gasteiger partial charge in [-0.15, -0.1) is 0 Å². The van der Waals surface area contributed by atoms with Gasteiger partial charge in [-0.25, -0.2) is 0 Å². The summed E-state index contributed by atoms with van der Waals surface area (Å²) in [5.41, 5.74) is 3.08. The molecule has 1 aliphatic heterocycles. The van der Waals surface area contributed by atoms with Crippen LogP contribution >= 0.6 is 11.8 Å². The van der Waals surface area contributed by atoms with Gasteiger partial charge in [-0.05, 0) is 31.0 Å². The Kier molecular flexibility index (Phi) is 4.50. The first kappa shape index (κ1) is 15.1. The largest absolute Gasteiger partial charge is 0.387 e. The van der Waals surface area contributed by atoms with Crippen molar-refractivity contribution in [3.63, 3.8) is 0 Å². The number of anilines is 1. The van der Waals surface area contributed by atoms with E-state index in [1.165, 1.54) is 0 Å². The van der Waals surface area contributed by atoms with E-state index in [0.29, 0.717) is 0 Å². The maximum Gasteiger partial charge on any atom is 0.162 e. The zero-order valence-corrected chi connectivity index (χ0v) is 13.5. The molecule has 0 radical (unpaired) electrons. The zero-order valence-electron chi connectivity index (χ0n) is 12.7. The van der Waals surface area contributed by atoms with Gasteiger partial charge >= 0.3 is 0 Å². The standard InChI is InChI=1S/C18H20N2OS/c1-12(2)19-18-20-15-11-7-6-10-14(15)17(22-18)16(21)13-8-4-3-5-9-13/h3-12,16-17,21H,1-2H3,(H,19,20)/t16-,17-/m1/s1. The first-order chi connectivity index (χ1) is 10.6. The third-order valence-electron chi connectivity index (χ3n) is 3.55. The number of nitrogens with zero attached hydrogens (tertiary/aromatic N) is 1. The molecule has 2 atom stereocenters. The van der Waals surface area contributed by atoms with Gasteiger partial charge in [-0.3, -0.25) is 4.99 Å². The Morgan fingerprint density at radius 3 is 2.45 bits per heavy atom. The van der Waals surface area contributed by atoms with Gasteiger partial charge in [0.15, 0.2) is 5.17 Å². The van der Waals surface area contributed by atoms with Crippen LogP contribution in [-0.4, -0.2) is 16.3 Å². The Bertz CT molecular complexity index is 670. The van der Waals surface area contributed by atoms with Crippen LogP contribution in [-0.2, 0) is 0 Å². The fourth-order valence-electron chi connectivity index (χ4n) is 2.54. The normalized spacial score (nSPS) is 20.5. The summed E-state index contributed by atoms with van der Waals surface area (Å²) in [6, 6.07) is 18.1. The third kappa shape index (κ3) is 3.18. The highest BCUT2D eigenvalue weighted by Gasteiger charge is 2.31. The van der Waals surface area contributed by atoms with Gasteiger partial charge in [-0.1, -0.05) is 60.3 Å². The van der Waals surface area contributed by atoms with Crippen LogP contribution in [0.25, 0.3) is 0 Å². The summed E-state index contributed by atoms with van der Waals surface area (Å²) in [6.45, 7) is 4.11. The molecule has 0 aliphatic carbocycles. The topological polar surface area (TPSA) is 44.6 Å². The molecule has 2 aromatic rings. The first-order valence-corrected chi connectivity index (χ1v) is 8.36. The van der Waals surface area contributed by atoms with Crippen LogP contribution in [0.2, 0.25) is 0 Å². The fraction of sp³-hybridized carbons (Fsp3) is 0.278. The van der Waals surface area contributed by atoms with E-state index in [9.17, 15) is 5.11 Å². The Balaban J connectivity index is 1.98. The number of aliphatic imine (C=N–C) groups is 1. The second-order valence-corrected chi connectivity index (χ2v) is 6.76. The van der Waals surface area contributed by atoms with E-state index in [1.807, 2.05) is 48.5 Å². The highest BCUT2D eigenvalue weighted by molar-refractivity contribution is 8.14. The maximum atomic E-state index is 10.8. The van der Waals surface area contributed by atoms with Crippen LogP contribution in [0.3, 0.4) is 0 Å². The van der Waals surface area contributed by atoms with Crippen LogP contribution in [0, 0.1) is 0 Å². The summed E-state index contributed by atoms with van der Waals surface area (Å²) >= 11 is 1.59. The molecule has 22 heavy (non-hydrogen) atoms. The SMILES string of the molecule is CC(C)N=C1Nc2ccccc2[C@H]([C@H](O)c2ccccc2)S1. The van der Waals surface area contributed by atoms with E-state index < -0.39 is 6.10 Å². The van der Waals surface area contributed by atoms with Crippen molar-refractivity contribution in [2.75, 3.05) is 5.32 Å². The number of para-hydroxylation sites is 1. The summed E-state index contributed by atoms with van der Waals surface area (Å²) in [5.74, 6) is 0. The van der Waals surface area contributed by atoms with Gasteiger partial charge < -0.3 is 10.4 Å².